The van der Waals surface area contributed by atoms with Crippen molar-refractivity contribution >= 4 is 30.5 Å². The average molecular weight is 501 g/mol. The molecule has 0 amide bonds. The molecule has 1 saturated carbocycles. The van der Waals surface area contributed by atoms with Crippen LogP contribution in [-0.2, 0) is 19.1 Å². The zero-order valence-corrected chi connectivity index (χ0v) is 22.8. The molecule has 4 atom stereocenters. The quantitative estimate of drug-likeness (QED) is 0.416. The molecule has 1 saturated heterocycles. The first-order valence-corrected chi connectivity index (χ1v) is 13.6. The molecule has 0 N–H and O–H groups in total. The summed E-state index contributed by atoms with van der Waals surface area (Å²) in [6.45, 7) is 6.30. The molecule has 1 radical (unpaired) electrons. The molecule has 7 heteroatoms. The second-order valence-electron chi connectivity index (χ2n) is 11.6. The third-order valence-corrected chi connectivity index (χ3v) is 9.32. The third-order valence-electron chi connectivity index (χ3n) is 9.32. The summed E-state index contributed by atoms with van der Waals surface area (Å²) in [5, 5.41) is 0. The summed E-state index contributed by atoms with van der Waals surface area (Å²) in [6.07, 6.45) is 6.38. The average Bonchev–Trinajstić information content (AvgIpc) is 3.15. The molecule has 5 rings (SSSR count). The summed E-state index contributed by atoms with van der Waals surface area (Å²) < 4.78 is 6.11. The van der Waals surface area contributed by atoms with Gasteiger partial charge in [-0.25, -0.2) is 0 Å². The normalized spacial score (nSPS) is 30.7. The van der Waals surface area contributed by atoms with Gasteiger partial charge in [-0.3, -0.25) is 14.4 Å². The molecule has 6 nitrogen and oxygen atoms in total. The molecule has 0 spiro atoms. The Morgan fingerprint density at radius 3 is 2.54 bits per heavy atom. The van der Waals surface area contributed by atoms with E-state index in [2.05, 4.69) is 41.0 Å². The number of benzene rings is 1. The number of allylic oxidation sites excluding steroid dienone is 3. The summed E-state index contributed by atoms with van der Waals surface area (Å²) >= 11 is 0. The topological polar surface area (TPSA) is 66.9 Å². The van der Waals surface area contributed by atoms with Gasteiger partial charge in [-0.1, -0.05) is 25.9 Å². The Morgan fingerprint density at radius 1 is 1.16 bits per heavy atom. The number of rotatable bonds is 6. The minimum Gasteiger partial charge on any atom is -0.451 e. The maximum Gasteiger partial charge on any atom is 0.303 e. The standard InChI is InChI=1S/C30H38BN2O4/c1-19(34)37-30(27(36)18-31-3)14-12-26-29(30,2)17-25(20-6-8-22(9-7-20)32(4)5)28-24-11-10-23(35)16-21(24)13-15-33(26)28/h6-9,16,25-26H,10-15,17-18H2,1-5H3/t25?,26?,29-,30-/m0/s1. The molecule has 0 aromatic heterocycles. The lowest BCUT2D eigenvalue weighted by Crippen LogP contribution is -2.62. The fourth-order valence-corrected chi connectivity index (χ4v) is 7.64. The molecule has 1 aromatic carbocycles. The number of carbonyl (C=O) groups is 3. The molecule has 1 aromatic rings. The predicted molar refractivity (Wildman–Crippen MR) is 146 cm³/mol. The maximum atomic E-state index is 13.8. The Bertz CT molecular complexity index is 1190. The zero-order valence-electron chi connectivity index (χ0n) is 22.8. The van der Waals surface area contributed by atoms with Crippen molar-refractivity contribution in [3.63, 3.8) is 0 Å². The second kappa shape index (κ2) is 9.48. The van der Waals surface area contributed by atoms with Gasteiger partial charge in [0.25, 0.3) is 0 Å². The van der Waals surface area contributed by atoms with Crippen LogP contribution in [0, 0.1) is 5.41 Å². The van der Waals surface area contributed by atoms with Crippen LogP contribution in [0.1, 0.15) is 63.9 Å². The number of ether oxygens (including phenoxy) is 1. The summed E-state index contributed by atoms with van der Waals surface area (Å²) in [5.74, 6) is -0.113. The Balaban J connectivity index is 1.68. The number of piperidine rings is 1. The van der Waals surface area contributed by atoms with E-state index in [4.69, 9.17) is 4.74 Å². The van der Waals surface area contributed by atoms with Gasteiger partial charge in [0.1, 0.15) is 7.28 Å². The Kier molecular flexibility index (Phi) is 6.62. The van der Waals surface area contributed by atoms with E-state index < -0.39 is 17.0 Å². The van der Waals surface area contributed by atoms with Crippen LogP contribution < -0.4 is 4.90 Å². The van der Waals surface area contributed by atoms with Gasteiger partial charge < -0.3 is 14.5 Å². The fraction of sp³-hybridized carbons (Fsp3) is 0.567. The SMILES string of the molecule is C[B]CC(=O)[C@@]1(OC(C)=O)CCC2N3CCC4=CC(=O)CCC4=C3C(c3ccc(N(C)C)cc3)C[C@@]21C. The van der Waals surface area contributed by atoms with E-state index in [-0.39, 0.29) is 23.5 Å². The molecule has 37 heavy (non-hydrogen) atoms. The second-order valence-corrected chi connectivity index (χ2v) is 11.6. The minimum atomic E-state index is -1.13. The smallest absolute Gasteiger partial charge is 0.303 e. The summed E-state index contributed by atoms with van der Waals surface area (Å²) in [5.41, 5.74) is 4.49. The van der Waals surface area contributed by atoms with Crippen LogP contribution in [0.25, 0.3) is 0 Å². The third kappa shape index (κ3) is 4.05. The van der Waals surface area contributed by atoms with Gasteiger partial charge in [0, 0.05) is 62.7 Å². The van der Waals surface area contributed by atoms with Gasteiger partial charge in [-0.2, -0.15) is 0 Å². The van der Waals surface area contributed by atoms with Crippen molar-refractivity contribution in [2.75, 3.05) is 25.5 Å². The lowest BCUT2D eigenvalue weighted by Gasteiger charge is -2.57. The highest BCUT2D eigenvalue weighted by Crippen LogP contribution is 2.62. The highest BCUT2D eigenvalue weighted by Gasteiger charge is 2.67. The number of anilines is 1. The van der Waals surface area contributed by atoms with Gasteiger partial charge in [0.2, 0.25) is 0 Å². The molecule has 195 valence electrons. The molecule has 2 fully saturated rings. The van der Waals surface area contributed by atoms with Crippen LogP contribution in [-0.4, -0.2) is 62.0 Å². The number of Topliss-reactive ketones (excluding diaryl/α,β-unsaturated/α-hetero) is 1. The van der Waals surface area contributed by atoms with Crippen LogP contribution in [0.3, 0.4) is 0 Å². The van der Waals surface area contributed by atoms with Crippen molar-refractivity contribution in [1.82, 2.24) is 4.90 Å². The molecule has 2 unspecified atom stereocenters. The Labute approximate surface area is 221 Å². The van der Waals surface area contributed by atoms with Crippen LogP contribution in [0.4, 0.5) is 5.69 Å². The lowest BCUT2D eigenvalue weighted by molar-refractivity contribution is -0.182. The van der Waals surface area contributed by atoms with E-state index in [1.165, 1.54) is 29.3 Å². The Hall–Kier alpha value is -2.83. The van der Waals surface area contributed by atoms with Gasteiger partial charge >= 0.3 is 5.97 Å². The molecule has 2 aliphatic heterocycles. The van der Waals surface area contributed by atoms with Crippen molar-refractivity contribution in [2.24, 2.45) is 5.41 Å². The van der Waals surface area contributed by atoms with Crippen LogP contribution in [0.5, 0.6) is 0 Å². The fourth-order valence-electron chi connectivity index (χ4n) is 7.64. The molecule has 2 aliphatic carbocycles. The van der Waals surface area contributed by atoms with Crippen LogP contribution in [0.15, 0.2) is 47.2 Å². The molecular formula is C30H38BN2O4. The zero-order chi connectivity index (χ0) is 26.5. The lowest BCUT2D eigenvalue weighted by atomic mass is 9.58. The number of carbonyl (C=O) groups excluding carboxylic acids is 3. The number of hydrogen-bond donors (Lipinski definition) is 0. The van der Waals surface area contributed by atoms with Gasteiger partial charge in [0.05, 0.1) is 0 Å². The summed E-state index contributed by atoms with van der Waals surface area (Å²) in [7, 11) is 5.94. The van der Waals surface area contributed by atoms with Crippen molar-refractivity contribution in [1.29, 1.82) is 0 Å². The number of nitrogens with zero attached hydrogens (tertiary/aromatic N) is 2. The van der Waals surface area contributed by atoms with Gasteiger partial charge in [0.15, 0.2) is 17.2 Å². The first-order valence-electron chi connectivity index (χ1n) is 13.6. The van der Waals surface area contributed by atoms with Crippen LogP contribution in [0.2, 0.25) is 13.1 Å². The number of esters is 1. The molecule has 2 heterocycles. The monoisotopic (exact) mass is 501 g/mol. The van der Waals surface area contributed by atoms with E-state index in [9.17, 15) is 14.4 Å². The maximum absolute atomic E-state index is 13.8. The highest BCUT2D eigenvalue weighted by atomic mass is 16.6. The molecular weight excluding hydrogens is 463 g/mol. The summed E-state index contributed by atoms with van der Waals surface area (Å²) in [4.78, 5) is 43.1. The highest BCUT2D eigenvalue weighted by molar-refractivity contribution is 6.40. The van der Waals surface area contributed by atoms with Gasteiger partial charge in [-0.15, -0.1) is 0 Å². The van der Waals surface area contributed by atoms with E-state index in [1.807, 2.05) is 34.3 Å². The van der Waals surface area contributed by atoms with E-state index in [0.29, 0.717) is 19.2 Å². The number of hydrogen-bond acceptors (Lipinski definition) is 6. The van der Waals surface area contributed by atoms with Crippen molar-refractivity contribution < 1.29 is 19.1 Å². The van der Waals surface area contributed by atoms with E-state index >= 15 is 0 Å². The van der Waals surface area contributed by atoms with Crippen LogP contribution >= 0.6 is 0 Å². The first kappa shape index (κ1) is 25.8. The van der Waals surface area contributed by atoms with E-state index in [1.54, 1.807) is 0 Å². The predicted octanol–water partition coefficient (Wildman–Crippen LogP) is 4.70. The largest absolute Gasteiger partial charge is 0.451 e. The van der Waals surface area contributed by atoms with Gasteiger partial charge in [-0.05, 0) is 73.3 Å². The molecule has 4 aliphatic rings. The van der Waals surface area contributed by atoms with Crippen molar-refractivity contribution in [3.05, 3.63) is 52.7 Å². The first-order chi connectivity index (χ1) is 17.6. The van der Waals surface area contributed by atoms with E-state index in [0.717, 1.165) is 37.9 Å². The Morgan fingerprint density at radius 2 is 1.89 bits per heavy atom. The summed E-state index contributed by atoms with van der Waals surface area (Å²) in [6, 6.07) is 8.80. The van der Waals surface area contributed by atoms with Crippen molar-refractivity contribution in [3.8, 4) is 0 Å². The van der Waals surface area contributed by atoms with Crippen molar-refractivity contribution in [2.45, 2.75) is 83.1 Å². The number of ketones is 2. The minimum absolute atomic E-state index is 0.00821. The molecule has 0 bridgehead atoms. The number of fused-ring (bicyclic) bond motifs is 4.